The van der Waals surface area contributed by atoms with Crippen molar-refractivity contribution in [3.8, 4) is 0 Å². The van der Waals surface area contributed by atoms with Crippen molar-refractivity contribution in [2.45, 2.75) is 20.8 Å². The minimum absolute atomic E-state index is 0.0125. The first-order valence-electron chi connectivity index (χ1n) is 7.23. The van der Waals surface area contributed by atoms with Gasteiger partial charge in [-0.05, 0) is 44.5 Å². The van der Waals surface area contributed by atoms with Crippen LogP contribution in [0.4, 0.5) is 11.4 Å². The molecule has 0 radical (unpaired) electrons. The van der Waals surface area contributed by atoms with Crippen LogP contribution in [-0.2, 0) is 0 Å². The molecule has 2 aromatic rings. The molecule has 1 aromatic carbocycles. The minimum atomic E-state index is -0.0125. The lowest BCUT2D eigenvalue weighted by molar-refractivity contribution is 0.0989. The third-order valence-electron chi connectivity index (χ3n) is 3.29. The number of amides is 1. The predicted octanol–water partition coefficient (Wildman–Crippen LogP) is 3.49. The molecule has 4 nitrogen and oxygen atoms in total. The van der Waals surface area contributed by atoms with Crippen molar-refractivity contribution in [3.05, 3.63) is 53.9 Å². The SMILES string of the molecule is CCNc1cnccc1C(=O)N(CC)c1cccc(C)c1. The highest BCUT2D eigenvalue weighted by molar-refractivity contribution is 6.09. The first kappa shape index (κ1) is 15.0. The summed E-state index contributed by atoms with van der Waals surface area (Å²) >= 11 is 0. The summed E-state index contributed by atoms with van der Waals surface area (Å²) in [5, 5.41) is 3.19. The van der Waals surface area contributed by atoms with E-state index in [1.165, 1.54) is 0 Å². The van der Waals surface area contributed by atoms with E-state index in [9.17, 15) is 4.79 Å². The van der Waals surface area contributed by atoms with Gasteiger partial charge < -0.3 is 10.2 Å². The zero-order valence-corrected chi connectivity index (χ0v) is 12.8. The summed E-state index contributed by atoms with van der Waals surface area (Å²) in [6.07, 6.45) is 3.35. The number of benzene rings is 1. The highest BCUT2D eigenvalue weighted by Gasteiger charge is 2.19. The largest absolute Gasteiger partial charge is 0.383 e. The molecule has 1 amide bonds. The number of aromatic nitrogens is 1. The summed E-state index contributed by atoms with van der Waals surface area (Å²) in [4.78, 5) is 18.7. The monoisotopic (exact) mass is 283 g/mol. The van der Waals surface area contributed by atoms with E-state index in [-0.39, 0.29) is 5.91 Å². The molecule has 1 aromatic heterocycles. The highest BCUT2D eigenvalue weighted by Crippen LogP contribution is 2.21. The molecular formula is C17H21N3O. The van der Waals surface area contributed by atoms with Crippen molar-refractivity contribution in [1.29, 1.82) is 0 Å². The fraction of sp³-hybridized carbons (Fsp3) is 0.294. The number of pyridine rings is 1. The van der Waals surface area contributed by atoms with Gasteiger partial charge in [0.05, 0.1) is 17.4 Å². The second kappa shape index (κ2) is 6.88. The van der Waals surface area contributed by atoms with Gasteiger partial charge in [-0.3, -0.25) is 9.78 Å². The molecule has 1 N–H and O–H groups in total. The van der Waals surface area contributed by atoms with Crippen molar-refractivity contribution in [1.82, 2.24) is 4.98 Å². The number of rotatable bonds is 5. The first-order chi connectivity index (χ1) is 10.2. The molecule has 0 aliphatic rings. The Morgan fingerprint density at radius 3 is 2.76 bits per heavy atom. The van der Waals surface area contributed by atoms with Gasteiger partial charge in [0.1, 0.15) is 0 Å². The van der Waals surface area contributed by atoms with E-state index in [0.717, 1.165) is 23.5 Å². The molecule has 1 heterocycles. The van der Waals surface area contributed by atoms with Crippen LogP contribution in [0.1, 0.15) is 29.8 Å². The first-order valence-corrected chi connectivity index (χ1v) is 7.23. The van der Waals surface area contributed by atoms with Crippen LogP contribution in [0.3, 0.4) is 0 Å². The smallest absolute Gasteiger partial charge is 0.260 e. The van der Waals surface area contributed by atoms with Crippen LogP contribution in [0.5, 0.6) is 0 Å². The Kier molecular flexibility index (Phi) is 4.93. The van der Waals surface area contributed by atoms with Gasteiger partial charge in [0.2, 0.25) is 0 Å². The van der Waals surface area contributed by atoms with E-state index < -0.39 is 0 Å². The van der Waals surface area contributed by atoms with Crippen molar-refractivity contribution >= 4 is 17.3 Å². The van der Waals surface area contributed by atoms with Gasteiger partial charge in [-0.25, -0.2) is 0 Å². The van der Waals surface area contributed by atoms with Gasteiger partial charge in [0.15, 0.2) is 0 Å². The molecule has 0 saturated heterocycles. The van der Waals surface area contributed by atoms with Crippen molar-refractivity contribution in [2.75, 3.05) is 23.3 Å². The maximum atomic E-state index is 12.8. The fourth-order valence-electron chi connectivity index (χ4n) is 2.30. The summed E-state index contributed by atoms with van der Waals surface area (Å²) < 4.78 is 0. The Labute approximate surface area is 125 Å². The topological polar surface area (TPSA) is 45.2 Å². The van der Waals surface area contributed by atoms with Gasteiger partial charge in [0.25, 0.3) is 5.91 Å². The molecule has 0 aliphatic heterocycles. The van der Waals surface area contributed by atoms with Gasteiger partial charge >= 0.3 is 0 Å². The van der Waals surface area contributed by atoms with Crippen LogP contribution in [-0.4, -0.2) is 24.0 Å². The van der Waals surface area contributed by atoms with E-state index in [0.29, 0.717) is 12.1 Å². The third-order valence-corrected chi connectivity index (χ3v) is 3.29. The number of aryl methyl sites for hydroxylation is 1. The normalized spacial score (nSPS) is 10.2. The molecule has 0 atom stereocenters. The Hall–Kier alpha value is -2.36. The lowest BCUT2D eigenvalue weighted by Gasteiger charge is -2.22. The molecule has 0 unspecified atom stereocenters. The average Bonchev–Trinajstić information content (AvgIpc) is 2.49. The van der Waals surface area contributed by atoms with Crippen LogP contribution in [0.2, 0.25) is 0 Å². The zero-order valence-electron chi connectivity index (χ0n) is 12.8. The number of nitrogens with one attached hydrogen (secondary N) is 1. The van der Waals surface area contributed by atoms with E-state index in [2.05, 4.69) is 10.3 Å². The number of carbonyl (C=O) groups is 1. The summed E-state index contributed by atoms with van der Waals surface area (Å²) in [6.45, 7) is 7.38. The maximum absolute atomic E-state index is 12.8. The van der Waals surface area contributed by atoms with Crippen molar-refractivity contribution in [3.63, 3.8) is 0 Å². The molecule has 0 aliphatic carbocycles. The van der Waals surface area contributed by atoms with Gasteiger partial charge in [-0.1, -0.05) is 12.1 Å². The van der Waals surface area contributed by atoms with Crippen molar-refractivity contribution < 1.29 is 4.79 Å². The lowest BCUT2D eigenvalue weighted by Crippen LogP contribution is -2.31. The molecular weight excluding hydrogens is 262 g/mol. The van der Waals surface area contributed by atoms with Crippen LogP contribution in [0, 0.1) is 6.92 Å². The highest BCUT2D eigenvalue weighted by atomic mass is 16.2. The van der Waals surface area contributed by atoms with Gasteiger partial charge in [0, 0.05) is 25.0 Å². The van der Waals surface area contributed by atoms with Gasteiger partial charge in [-0.2, -0.15) is 0 Å². The van der Waals surface area contributed by atoms with Crippen molar-refractivity contribution in [2.24, 2.45) is 0 Å². The van der Waals surface area contributed by atoms with E-state index >= 15 is 0 Å². The number of nitrogens with zero attached hydrogens (tertiary/aromatic N) is 2. The fourth-order valence-corrected chi connectivity index (χ4v) is 2.30. The standard InChI is InChI=1S/C17H21N3O/c1-4-19-16-12-18-10-9-15(16)17(21)20(5-2)14-8-6-7-13(3)11-14/h6-12,19H,4-5H2,1-3H3. The zero-order chi connectivity index (χ0) is 15.2. The second-order valence-electron chi connectivity index (χ2n) is 4.84. The van der Waals surface area contributed by atoms with Crippen LogP contribution in [0.15, 0.2) is 42.7 Å². The van der Waals surface area contributed by atoms with E-state index in [1.54, 1.807) is 23.4 Å². The van der Waals surface area contributed by atoms with E-state index in [4.69, 9.17) is 0 Å². The average molecular weight is 283 g/mol. The van der Waals surface area contributed by atoms with Gasteiger partial charge in [-0.15, -0.1) is 0 Å². The Balaban J connectivity index is 2.37. The predicted molar refractivity (Wildman–Crippen MR) is 86.9 cm³/mol. The minimum Gasteiger partial charge on any atom is -0.383 e. The molecule has 0 spiro atoms. The lowest BCUT2D eigenvalue weighted by atomic mass is 10.1. The number of anilines is 2. The molecule has 21 heavy (non-hydrogen) atoms. The molecule has 4 heteroatoms. The maximum Gasteiger partial charge on any atom is 0.260 e. The Bertz CT molecular complexity index is 625. The number of carbonyl (C=O) groups excluding carboxylic acids is 1. The Morgan fingerprint density at radius 1 is 1.29 bits per heavy atom. The van der Waals surface area contributed by atoms with Crippen LogP contribution in [0.25, 0.3) is 0 Å². The second-order valence-corrected chi connectivity index (χ2v) is 4.84. The number of hydrogen-bond donors (Lipinski definition) is 1. The molecule has 110 valence electrons. The summed E-state index contributed by atoms with van der Waals surface area (Å²) in [5.41, 5.74) is 3.48. The summed E-state index contributed by atoms with van der Waals surface area (Å²) in [6, 6.07) is 9.74. The summed E-state index contributed by atoms with van der Waals surface area (Å²) in [7, 11) is 0. The van der Waals surface area contributed by atoms with Crippen LogP contribution < -0.4 is 10.2 Å². The molecule has 0 saturated carbocycles. The number of hydrogen-bond acceptors (Lipinski definition) is 3. The summed E-state index contributed by atoms with van der Waals surface area (Å²) in [5.74, 6) is -0.0125. The Morgan fingerprint density at radius 2 is 2.10 bits per heavy atom. The molecule has 2 rings (SSSR count). The quantitative estimate of drug-likeness (QED) is 0.913. The molecule has 0 fully saturated rings. The third kappa shape index (κ3) is 3.40. The van der Waals surface area contributed by atoms with E-state index in [1.807, 2.05) is 45.0 Å². The van der Waals surface area contributed by atoms with Crippen LogP contribution >= 0.6 is 0 Å². The molecule has 0 bridgehead atoms.